The summed E-state index contributed by atoms with van der Waals surface area (Å²) < 4.78 is 2.85. The molecule has 0 saturated carbocycles. The van der Waals surface area contributed by atoms with Gasteiger partial charge in [-0.3, -0.25) is 14.4 Å². The molecule has 10 heteroatoms. The molecule has 214 valence electrons. The Morgan fingerprint density at radius 3 is 2.51 bits per heavy atom. The van der Waals surface area contributed by atoms with E-state index in [-0.39, 0.29) is 5.91 Å². The maximum atomic E-state index is 13.6. The van der Waals surface area contributed by atoms with Crippen LogP contribution < -0.4 is 16.4 Å². The zero-order chi connectivity index (χ0) is 29.0. The molecule has 4 aromatic rings. The number of nitrogens with one attached hydrogen (secondary N) is 2. The first-order chi connectivity index (χ1) is 19.8. The van der Waals surface area contributed by atoms with Crippen molar-refractivity contribution < 1.29 is 14.4 Å². The molecule has 0 bridgehead atoms. The lowest BCUT2D eigenvalue weighted by Gasteiger charge is -2.26. The Bertz CT molecular complexity index is 1520. The number of aromatic nitrogens is 2. The maximum absolute atomic E-state index is 13.6. The normalized spacial score (nSPS) is 16.2. The van der Waals surface area contributed by atoms with E-state index in [1.807, 2.05) is 71.8 Å². The van der Waals surface area contributed by atoms with Crippen LogP contribution in [0.15, 0.2) is 72.5 Å². The predicted octanol–water partition coefficient (Wildman–Crippen LogP) is 4.10. The topological polar surface area (TPSA) is 122 Å². The van der Waals surface area contributed by atoms with Crippen LogP contribution in [0.25, 0.3) is 10.1 Å². The van der Waals surface area contributed by atoms with Crippen LogP contribution in [0.3, 0.4) is 0 Å². The van der Waals surface area contributed by atoms with Crippen molar-refractivity contribution in [2.45, 2.75) is 57.2 Å². The van der Waals surface area contributed by atoms with E-state index in [1.54, 1.807) is 35.4 Å². The number of amides is 3. The number of anilines is 1. The number of nitrogens with two attached hydrogens (primary N) is 1. The van der Waals surface area contributed by atoms with Crippen molar-refractivity contribution in [3.8, 4) is 0 Å². The lowest BCUT2D eigenvalue weighted by Crippen LogP contribution is -2.56. The summed E-state index contributed by atoms with van der Waals surface area (Å²) in [5.74, 6) is -0.510. The number of benzene rings is 2. The third-order valence-electron chi connectivity index (χ3n) is 7.78. The number of rotatable bonds is 10. The van der Waals surface area contributed by atoms with E-state index in [2.05, 4.69) is 15.6 Å². The second-order valence-corrected chi connectivity index (χ2v) is 11.7. The van der Waals surface area contributed by atoms with Gasteiger partial charge in [-0.25, -0.2) is 4.98 Å². The van der Waals surface area contributed by atoms with Crippen LogP contribution in [-0.2, 0) is 20.8 Å². The summed E-state index contributed by atoms with van der Waals surface area (Å²) in [4.78, 5) is 46.5. The summed E-state index contributed by atoms with van der Waals surface area (Å²) in [6.45, 7) is 4.95. The number of carbonyl (C=O) groups excluding carboxylic acids is 3. The molecule has 1 saturated heterocycles. The van der Waals surface area contributed by atoms with E-state index in [4.69, 9.17) is 5.73 Å². The lowest BCUT2D eigenvalue weighted by atomic mass is 9.97. The molecule has 3 heterocycles. The van der Waals surface area contributed by atoms with Gasteiger partial charge < -0.3 is 25.8 Å². The van der Waals surface area contributed by atoms with Gasteiger partial charge in [-0.1, -0.05) is 55.5 Å². The van der Waals surface area contributed by atoms with Gasteiger partial charge in [0.1, 0.15) is 12.1 Å². The Labute approximate surface area is 243 Å². The van der Waals surface area contributed by atoms with Gasteiger partial charge in [0.2, 0.25) is 17.7 Å². The molecule has 1 aliphatic rings. The largest absolute Gasteiger partial charge is 0.342 e. The van der Waals surface area contributed by atoms with Crippen LogP contribution in [-0.4, -0.2) is 56.8 Å². The number of hydrogen-bond acceptors (Lipinski definition) is 6. The van der Waals surface area contributed by atoms with Gasteiger partial charge in [0.25, 0.3) is 0 Å². The zero-order valence-electron chi connectivity index (χ0n) is 23.4. The summed E-state index contributed by atoms with van der Waals surface area (Å²) >= 11 is 1.60. The Hall–Kier alpha value is -4.02. The molecular weight excluding hydrogens is 536 g/mol. The van der Waals surface area contributed by atoms with Crippen molar-refractivity contribution >= 4 is 45.0 Å². The maximum Gasteiger partial charge on any atom is 0.250 e. The molecule has 2 aromatic heterocycles. The minimum absolute atomic E-state index is 0.000231. The summed E-state index contributed by atoms with van der Waals surface area (Å²) in [5, 5.41) is 8.80. The van der Waals surface area contributed by atoms with Gasteiger partial charge in [-0.15, -0.1) is 11.3 Å². The molecule has 2 aromatic carbocycles. The third kappa shape index (κ3) is 6.34. The molecule has 4 N–H and O–H groups in total. The highest BCUT2D eigenvalue weighted by Crippen LogP contribution is 2.28. The smallest absolute Gasteiger partial charge is 0.250 e. The summed E-state index contributed by atoms with van der Waals surface area (Å²) in [6, 6.07) is 16.1. The lowest BCUT2D eigenvalue weighted by molar-refractivity contribution is -0.132. The molecule has 9 nitrogen and oxygen atoms in total. The Morgan fingerprint density at radius 1 is 1.07 bits per heavy atom. The molecule has 3 atom stereocenters. The van der Waals surface area contributed by atoms with Crippen molar-refractivity contribution in [1.29, 1.82) is 0 Å². The van der Waals surface area contributed by atoms with Crippen molar-refractivity contribution in [3.05, 3.63) is 83.6 Å². The fourth-order valence-electron chi connectivity index (χ4n) is 5.05. The SMILES string of the molecule is CCC(C)(N)C(=O)N[C@H](Cc1csc2ccccc12)C(=O)Nc1cn(C(C(=O)N2CCCC2)c2ccccc2)cn1. The third-order valence-corrected chi connectivity index (χ3v) is 8.79. The molecule has 3 amide bonds. The number of likely N-dealkylation sites (tertiary alicyclic amines) is 1. The molecule has 0 aliphatic carbocycles. The van der Waals surface area contributed by atoms with Crippen LogP contribution in [0, 0.1) is 0 Å². The van der Waals surface area contributed by atoms with Crippen LogP contribution in [0.5, 0.6) is 0 Å². The van der Waals surface area contributed by atoms with Gasteiger partial charge in [0, 0.05) is 30.4 Å². The molecule has 2 unspecified atom stereocenters. The van der Waals surface area contributed by atoms with Gasteiger partial charge in [-0.2, -0.15) is 0 Å². The summed E-state index contributed by atoms with van der Waals surface area (Å²) in [7, 11) is 0. The Kier molecular flexibility index (Phi) is 8.51. The van der Waals surface area contributed by atoms with E-state index >= 15 is 0 Å². The average Bonchev–Trinajstić information content (AvgIpc) is 3.76. The van der Waals surface area contributed by atoms with E-state index in [0.29, 0.717) is 18.7 Å². The fraction of sp³-hybridized carbons (Fsp3) is 0.355. The molecule has 41 heavy (non-hydrogen) atoms. The zero-order valence-corrected chi connectivity index (χ0v) is 24.2. The number of fused-ring (bicyclic) bond motifs is 1. The number of hydrogen-bond donors (Lipinski definition) is 3. The molecule has 0 spiro atoms. The number of nitrogens with zero attached hydrogens (tertiary/aromatic N) is 3. The number of thiophene rings is 1. The van der Waals surface area contributed by atoms with Crippen LogP contribution in [0.4, 0.5) is 5.82 Å². The van der Waals surface area contributed by atoms with Crippen molar-refractivity contribution in [2.75, 3.05) is 18.4 Å². The second kappa shape index (κ2) is 12.2. The van der Waals surface area contributed by atoms with Gasteiger partial charge in [0.15, 0.2) is 5.82 Å². The predicted molar refractivity (Wildman–Crippen MR) is 162 cm³/mol. The highest BCUT2D eigenvalue weighted by Gasteiger charge is 2.32. The minimum atomic E-state index is -1.12. The number of carbonyl (C=O) groups is 3. The van der Waals surface area contributed by atoms with Crippen LogP contribution in [0.1, 0.15) is 50.3 Å². The van der Waals surface area contributed by atoms with Crippen molar-refractivity contribution in [3.63, 3.8) is 0 Å². The monoisotopic (exact) mass is 572 g/mol. The van der Waals surface area contributed by atoms with E-state index in [1.165, 1.54) is 0 Å². The highest BCUT2D eigenvalue weighted by atomic mass is 32.1. The quantitative estimate of drug-likeness (QED) is 0.264. The molecule has 0 radical (unpaired) electrons. The average molecular weight is 573 g/mol. The standard InChI is InChI=1S/C31H36N6O3S/c1-3-31(2,32)30(40)34-24(17-22-19-41-25-14-8-7-13-23(22)25)28(38)35-26-18-37(20-33-26)27(21-11-5-4-6-12-21)29(39)36-15-9-10-16-36/h4-8,11-14,18-20,24,27H,3,9-10,15-17,32H2,1-2H3,(H,34,40)(H,35,38)/t24-,27?,31?/m1/s1. The Morgan fingerprint density at radius 2 is 1.78 bits per heavy atom. The van der Waals surface area contributed by atoms with Crippen LogP contribution in [0.2, 0.25) is 0 Å². The first kappa shape index (κ1) is 28.5. The Balaban J connectivity index is 1.39. The second-order valence-electron chi connectivity index (χ2n) is 10.8. The van der Waals surface area contributed by atoms with Crippen LogP contribution >= 0.6 is 11.3 Å². The first-order valence-electron chi connectivity index (χ1n) is 14.0. The molecule has 5 rings (SSSR count). The van der Waals surface area contributed by atoms with Crippen molar-refractivity contribution in [1.82, 2.24) is 19.8 Å². The van der Waals surface area contributed by atoms with Gasteiger partial charge >= 0.3 is 0 Å². The molecule has 1 aliphatic heterocycles. The van der Waals surface area contributed by atoms with E-state index < -0.39 is 29.4 Å². The molecule has 1 fully saturated rings. The van der Waals surface area contributed by atoms with E-state index in [9.17, 15) is 14.4 Å². The fourth-order valence-corrected chi connectivity index (χ4v) is 6.02. The molecular formula is C31H36N6O3S. The van der Waals surface area contributed by atoms with Gasteiger partial charge in [0.05, 0.1) is 11.9 Å². The van der Waals surface area contributed by atoms with Crippen molar-refractivity contribution in [2.24, 2.45) is 5.73 Å². The summed E-state index contributed by atoms with van der Waals surface area (Å²) in [6.07, 6.45) is 5.93. The summed E-state index contributed by atoms with van der Waals surface area (Å²) in [5.41, 5.74) is 6.90. The first-order valence-corrected chi connectivity index (χ1v) is 14.9. The highest BCUT2D eigenvalue weighted by molar-refractivity contribution is 7.17. The van der Waals surface area contributed by atoms with Gasteiger partial charge in [-0.05, 0) is 54.1 Å². The van der Waals surface area contributed by atoms with E-state index in [0.717, 1.165) is 47.1 Å². The number of imidazole rings is 1. The minimum Gasteiger partial charge on any atom is -0.342 e.